The Morgan fingerprint density at radius 2 is 1.95 bits per heavy atom. The van der Waals surface area contributed by atoms with Crippen LogP contribution in [0.4, 0.5) is 4.39 Å². The monoisotopic (exact) mass is 331 g/mol. The molecule has 6 heteroatoms. The molecule has 0 spiro atoms. The zero-order chi connectivity index (χ0) is 14.7. The molecule has 1 rings (SSSR count). The first kappa shape index (κ1) is 15.6. The predicted octanol–water partition coefficient (Wildman–Crippen LogP) is 2.97. The molecular weight excluding hydrogens is 317 g/mol. The van der Waals surface area contributed by atoms with Crippen molar-refractivity contribution in [2.45, 2.75) is 32.9 Å². The number of halogens is 2. The molecule has 1 aromatic carbocycles. The lowest BCUT2D eigenvalue weighted by Gasteiger charge is -2.32. The van der Waals surface area contributed by atoms with Gasteiger partial charge >= 0.3 is 5.97 Å². The van der Waals surface area contributed by atoms with Gasteiger partial charge in [0, 0.05) is 23.0 Å². The normalized spacial score (nSPS) is 12.3. The first-order valence-corrected chi connectivity index (χ1v) is 6.51. The highest BCUT2D eigenvalue weighted by molar-refractivity contribution is 9.10. The Kier molecular flexibility index (Phi) is 5.05. The first-order valence-electron chi connectivity index (χ1n) is 5.72. The van der Waals surface area contributed by atoms with E-state index in [9.17, 15) is 19.1 Å². The molecule has 0 aliphatic carbocycles. The van der Waals surface area contributed by atoms with Crippen molar-refractivity contribution in [3.8, 4) is 0 Å². The molecular formula is C13H15BrFNO3. The SMILES string of the molecule is CC(=O)N(C(C)C)C(C(=O)O)c1cc(Br)ccc1F. The van der Waals surface area contributed by atoms with Gasteiger partial charge in [0.1, 0.15) is 5.82 Å². The van der Waals surface area contributed by atoms with Crippen molar-refractivity contribution < 1.29 is 19.1 Å². The highest BCUT2D eigenvalue weighted by Gasteiger charge is 2.33. The molecule has 0 aliphatic heterocycles. The van der Waals surface area contributed by atoms with Crippen molar-refractivity contribution in [3.05, 3.63) is 34.1 Å². The maximum absolute atomic E-state index is 13.8. The Labute approximate surface area is 119 Å². The summed E-state index contributed by atoms with van der Waals surface area (Å²) in [6.07, 6.45) is 0. The molecule has 0 bridgehead atoms. The zero-order valence-electron chi connectivity index (χ0n) is 10.9. The van der Waals surface area contributed by atoms with Crippen molar-refractivity contribution in [2.75, 3.05) is 0 Å². The number of nitrogens with zero attached hydrogens (tertiary/aromatic N) is 1. The summed E-state index contributed by atoms with van der Waals surface area (Å²) in [6, 6.07) is 2.35. The van der Waals surface area contributed by atoms with Crippen LogP contribution in [0, 0.1) is 5.82 Å². The summed E-state index contributed by atoms with van der Waals surface area (Å²) in [7, 11) is 0. The molecule has 1 N–H and O–H groups in total. The summed E-state index contributed by atoms with van der Waals surface area (Å²) in [5, 5.41) is 9.33. The number of carboxylic acids is 1. The number of aliphatic carboxylic acids is 1. The smallest absolute Gasteiger partial charge is 0.331 e. The van der Waals surface area contributed by atoms with Gasteiger partial charge in [0.05, 0.1) is 0 Å². The first-order chi connectivity index (χ1) is 8.75. The van der Waals surface area contributed by atoms with Crippen molar-refractivity contribution in [3.63, 3.8) is 0 Å². The predicted molar refractivity (Wildman–Crippen MR) is 72.1 cm³/mol. The Balaban J connectivity index is 3.38. The average Bonchev–Trinajstić information content (AvgIpc) is 2.27. The number of benzene rings is 1. The molecule has 4 nitrogen and oxygen atoms in total. The summed E-state index contributed by atoms with van der Waals surface area (Å²) >= 11 is 3.17. The van der Waals surface area contributed by atoms with Crippen LogP contribution in [0.2, 0.25) is 0 Å². The lowest BCUT2D eigenvalue weighted by molar-refractivity contribution is -0.151. The van der Waals surface area contributed by atoms with E-state index >= 15 is 0 Å². The van der Waals surface area contributed by atoms with Crippen LogP contribution in [-0.2, 0) is 9.59 Å². The van der Waals surface area contributed by atoms with E-state index in [4.69, 9.17) is 0 Å². The van der Waals surface area contributed by atoms with Crippen LogP contribution in [0.1, 0.15) is 32.4 Å². The van der Waals surface area contributed by atoms with Crippen LogP contribution < -0.4 is 0 Å². The minimum atomic E-state index is -1.34. The number of carbonyl (C=O) groups excluding carboxylic acids is 1. The molecule has 0 radical (unpaired) electrons. The molecule has 0 fully saturated rings. The molecule has 0 aromatic heterocycles. The van der Waals surface area contributed by atoms with Crippen LogP contribution in [0.5, 0.6) is 0 Å². The van der Waals surface area contributed by atoms with Crippen LogP contribution in [-0.4, -0.2) is 27.9 Å². The highest BCUT2D eigenvalue weighted by Crippen LogP contribution is 2.28. The molecule has 0 aliphatic rings. The van der Waals surface area contributed by atoms with Crippen LogP contribution >= 0.6 is 15.9 Å². The summed E-state index contributed by atoms with van der Waals surface area (Å²) in [5.41, 5.74) is -0.0363. The van der Waals surface area contributed by atoms with E-state index in [0.29, 0.717) is 4.47 Å². The molecule has 0 heterocycles. The largest absolute Gasteiger partial charge is 0.479 e. The van der Waals surface area contributed by atoms with Crippen molar-refractivity contribution in [2.24, 2.45) is 0 Å². The van der Waals surface area contributed by atoms with Crippen LogP contribution in [0.3, 0.4) is 0 Å². The highest BCUT2D eigenvalue weighted by atomic mass is 79.9. The van der Waals surface area contributed by atoms with Gasteiger partial charge in [-0.25, -0.2) is 9.18 Å². The van der Waals surface area contributed by atoms with E-state index in [2.05, 4.69) is 15.9 Å². The molecule has 104 valence electrons. The maximum Gasteiger partial charge on any atom is 0.331 e. The van der Waals surface area contributed by atoms with E-state index in [1.165, 1.54) is 25.1 Å². The Morgan fingerprint density at radius 3 is 2.37 bits per heavy atom. The fourth-order valence-electron chi connectivity index (χ4n) is 1.97. The summed E-state index contributed by atoms with van der Waals surface area (Å²) < 4.78 is 14.4. The Hall–Kier alpha value is -1.43. The summed E-state index contributed by atoms with van der Waals surface area (Å²) in [5.74, 6) is -2.33. The lowest BCUT2D eigenvalue weighted by Crippen LogP contribution is -2.42. The quantitative estimate of drug-likeness (QED) is 0.922. The second-order valence-corrected chi connectivity index (χ2v) is 5.34. The van der Waals surface area contributed by atoms with Gasteiger partial charge in [0.2, 0.25) is 5.91 Å². The van der Waals surface area contributed by atoms with E-state index in [1.807, 2.05) is 0 Å². The van der Waals surface area contributed by atoms with Gasteiger partial charge in [-0.3, -0.25) is 4.79 Å². The van der Waals surface area contributed by atoms with Gasteiger partial charge in [-0.2, -0.15) is 0 Å². The van der Waals surface area contributed by atoms with E-state index in [0.717, 1.165) is 4.90 Å². The summed E-state index contributed by atoms with van der Waals surface area (Å²) in [6.45, 7) is 4.65. The minimum Gasteiger partial charge on any atom is -0.479 e. The van der Waals surface area contributed by atoms with E-state index in [1.54, 1.807) is 13.8 Å². The standard InChI is InChI=1S/C13H15BrFNO3/c1-7(2)16(8(3)17)12(13(18)19)10-6-9(14)4-5-11(10)15/h4-7,12H,1-3H3,(H,18,19). The fraction of sp³-hybridized carbons (Fsp3) is 0.385. The minimum absolute atomic E-state index is 0.0363. The van der Waals surface area contributed by atoms with Gasteiger partial charge in [-0.15, -0.1) is 0 Å². The summed E-state index contributed by atoms with van der Waals surface area (Å²) in [4.78, 5) is 24.2. The molecule has 1 unspecified atom stereocenters. The third-order valence-electron chi connectivity index (χ3n) is 2.68. The van der Waals surface area contributed by atoms with Crippen molar-refractivity contribution >= 4 is 27.8 Å². The molecule has 0 saturated heterocycles. The fourth-order valence-corrected chi connectivity index (χ4v) is 2.35. The van der Waals surface area contributed by atoms with Gasteiger partial charge < -0.3 is 10.0 Å². The molecule has 1 aromatic rings. The second-order valence-electron chi connectivity index (χ2n) is 4.43. The number of hydrogen-bond donors (Lipinski definition) is 1. The molecule has 1 atom stereocenters. The van der Waals surface area contributed by atoms with Crippen molar-refractivity contribution in [1.29, 1.82) is 0 Å². The van der Waals surface area contributed by atoms with Gasteiger partial charge in [0.15, 0.2) is 6.04 Å². The third kappa shape index (κ3) is 3.53. The molecule has 1 amide bonds. The van der Waals surface area contributed by atoms with Gasteiger partial charge in [-0.1, -0.05) is 15.9 Å². The Morgan fingerprint density at radius 1 is 1.37 bits per heavy atom. The maximum atomic E-state index is 13.8. The molecule has 0 saturated carbocycles. The number of rotatable bonds is 4. The Bertz CT molecular complexity index is 505. The van der Waals surface area contributed by atoms with Crippen LogP contribution in [0.15, 0.2) is 22.7 Å². The van der Waals surface area contributed by atoms with Crippen LogP contribution in [0.25, 0.3) is 0 Å². The number of amides is 1. The zero-order valence-corrected chi connectivity index (χ0v) is 12.4. The topological polar surface area (TPSA) is 57.6 Å². The third-order valence-corrected chi connectivity index (χ3v) is 3.18. The number of hydrogen-bond acceptors (Lipinski definition) is 2. The van der Waals surface area contributed by atoms with E-state index < -0.39 is 23.7 Å². The molecule has 19 heavy (non-hydrogen) atoms. The van der Waals surface area contributed by atoms with Gasteiger partial charge in [0.25, 0.3) is 0 Å². The van der Waals surface area contributed by atoms with Gasteiger partial charge in [-0.05, 0) is 32.0 Å². The number of carbonyl (C=O) groups is 2. The number of carboxylic acid groups (broad SMARTS) is 1. The van der Waals surface area contributed by atoms with E-state index in [-0.39, 0.29) is 11.6 Å². The van der Waals surface area contributed by atoms with Crippen molar-refractivity contribution in [1.82, 2.24) is 4.90 Å². The second kappa shape index (κ2) is 6.14. The lowest BCUT2D eigenvalue weighted by atomic mass is 10.0. The average molecular weight is 332 g/mol.